The van der Waals surface area contributed by atoms with Gasteiger partial charge in [-0.05, 0) is 103 Å². The SMILES string of the molecule is CC/C=C\C/C=C\C/C=C\C/C=C\C/C=C\CCCCCCCCCC(=O)OC1C(OCC(NC(=O)C(O)CCCCCCCCCCCCCC/C=C\C/C=C\CCCCC)C(O)/C=C/CCCCCCCCCCC)OC(CO)C(O)C1O. The Kier molecular flexibility index (Phi) is 57.0. The van der Waals surface area contributed by atoms with E-state index in [1.54, 1.807) is 6.08 Å². The maximum Gasteiger partial charge on any atom is 0.306 e. The maximum absolute atomic E-state index is 13.5. The first-order valence-corrected chi connectivity index (χ1v) is 35.0. The quantitative estimate of drug-likeness (QED) is 0.0195. The standard InChI is InChI=1S/C74H129NO10/c1-4-7-10-13-16-19-22-24-26-28-30-32-34-36-38-40-42-44-47-50-53-56-59-62-69(79)85-72-71(81)70(80)68(63-76)84-74(72)83-64-65(66(77)60-57-54-51-48-45-21-18-15-12-9-6-3)75-73(82)67(78)61-58-55-52-49-46-43-41-39-37-35-33-31-29-27-25-23-20-17-14-11-8-5-2/h7,10,16-17,19-20,24-27,30,32,36,38,57,60,65-68,70-72,74,76-78,80-81H,4-6,8-9,11-15,18,21-23,28-29,31,33-35,37,39-56,58-59,61-64H2,1-3H3,(H,75,82)/b10-7-,19-16-,20-17-,26-24-,27-25-,32-30-,38-36-,60-57+. The number of ether oxygens (including phenoxy) is 3. The summed E-state index contributed by atoms with van der Waals surface area (Å²) in [5.74, 6) is -1.21. The van der Waals surface area contributed by atoms with E-state index in [0.717, 1.165) is 122 Å². The monoisotopic (exact) mass is 1190 g/mol. The second kappa shape index (κ2) is 60.8. The molecule has 0 bridgehead atoms. The van der Waals surface area contributed by atoms with Crippen LogP contribution in [0.1, 0.15) is 297 Å². The number of aliphatic hydroxyl groups excluding tert-OH is 5. The van der Waals surface area contributed by atoms with Gasteiger partial charge in [-0.25, -0.2) is 0 Å². The molecule has 0 aliphatic carbocycles. The number of nitrogens with one attached hydrogen (secondary N) is 1. The molecule has 0 aromatic heterocycles. The van der Waals surface area contributed by atoms with E-state index in [1.807, 2.05) is 6.08 Å². The van der Waals surface area contributed by atoms with Gasteiger partial charge >= 0.3 is 5.97 Å². The van der Waals surface area contributed by atoms with Crippen molar-refractivity contribution in [2.75, 3.05) is 13.2 Å². The Labute approximate surface area is 520 Å². The number of esters is 1. The van der Waals surface area contributed by atoms with E-state index in [4.69, 9.17) is 14.2 Å². The van der Waals surface area contributed by atoms with Crippen molar-refractivity contribution in [1.29, 1.82) is 0 Å². The fourth-order valence-corrected chi connectivity index (χ4v) is 10.5. The molecule has 6 N–H and O–H groups in total. The zero-order valence-corrected chi connectivity index (χ0v) is 54.5. The van der Waals surface area contributed by atoms with Crippen LogP contribution in [0, 0.1) is 0 Å². The number of aliphatic hydroxyl groups is 5. The van der Waals surface area contributed by atoms with Crippen LogP contribution in [0.2, 0.25) is 0 Å². The highest BCUT2D eigenvalue weighted by molar-refractivity contribution is 5.80. The first-order valence-electron chi connectivity index (χ1n) is 35.0. The third-order valence-corrected chi connectivity index (χ3v) is 16.0. The van der Waals surface area contributed by atoms with Gasteiger partial charge in [0, 0.05) is 6.42 Å². The number of rotatable bonds is 59. The lowest BCUT2D eigenvalue weighted by molar-refractivity contribution is -0.305. The lowest BCUT2D eigenvalue weighted by atomic mass is 9.99. The predicted octanol–water partition coefficient (Wildman–Crippen LogP) is 17.8. The van der Waals surface area contributed by atoms with Gasteiger partial charge in [0.15, 0.2) is 12.4 Å². The van der Waals surface area contributed by atoms with Gasteiger partial charge in [0.25, 0.3) is 0 Å². The van der Waals surface area contributed by atoms with Crippen molar-refractivity contribution in [3.63, 3.8) is 0 Å². The average molecular weight is 1190 g/mol. The molecule has 0 aromatic carbocycles. The van der Waals surface area contributed by atoms with Crippen LogP contribution in [0.4, 0.5) is 0 Å². The van der Waals surface area contributed by atoms with Gasteiger partial charge < -0.3 is 45.1 Å². The van der Waals surface area contributed by atoms with Crippen molar-refractivity contribution in [3.8, 4) is 0 Å². The minimum Gasteiger partial charge on any atom is -0.454 e. The lowest BCUT2D eigenvalue weighted by Crippen LogP contribution is -2.61. The predicted molar refractivity (Wildman–Crippen MR) is 356 cm³/mol. The highest BCUT2D eigenvalue weighted by atomic mass is 16.7. The normalized spacial score (nSPS) is 19.0. The summed E-state index contributed by atoms with van der Waals surface area (Å²) >= 11 is 0. The largest absolute Gasteiger partial charge is 0.454 e. The number of hydrogen-bond donors (Lipinski definition) is 6. The number of carbonyl (C=O) groups excluding carboxylic acids is 2. The van der Waals surface area contributed by atoms with E-state index in [1.165, 1.54) is 128 Å². The van der Waals surface area contributed by atoms with Crippen molar-refractivity contribution in [2.45, 2.75) is 346 Å². The molecule has 1 amide bonds. The summed E-state index contributed by atoms with van der Waals surface area (Å²) in [5.41, 5.74) is 0. The second-order valence-corrected chi connectivity index (χ2v) is 23.9. The molecule has 11 nitrogen and oxygen atoms in total. The molecule has 85 heavy (non-hydrogen) atoms. The zero-order chi connectivity index (χ0) is 61.7. The van der Waals surface area contributed by atoms with Crippen LogP contribution in [0.15, 0.2) is 97.2 Å². The second-order valence-electron chi connectivity index (χ2n) is 23.9. The number of carbonyl (C=O) groups is 2. The van der Waals surface area contributed by atoms with E-state index < -0.39 is 67.4 Å². The number of hydrogen-bond acceptors (Lipinski definition) is 10. The van der Waals surface area contributed by atoms with E-state index in [-0.39, 0.29) is 19.4 Å². The summed E-state index contributed by atoms with van der Waals surface area (Å²) in [7, 11) is 0. The Morgan fingerprint density at radius 2 is 0.847 bits per heavy atom. The van der Waals surface area contributed by atoms with Crippen LogP contribution in [-0.4, -0.2) is 99.6 Å². The average Bonchev–Trinajstić information content (AvgIpc) is 2.90. The van der Waals surface area contributed by atoms with Crippen LogP contribution in [-0.2, 0) is 23.8 Å². The number of allylic oxidation sites excluding steroid dienone is 15. The molecule has 1 saturated heterocycles. The highest BCUT2D eigenvalue weighted by Gasteiger charge is 2.47. The Morgan fingerprint density at radius 1 is 0.471 bits per heavy atom. The fraction of sp³-hybridized carbons (Fsp3) is 0.757. The van der Waals surface area contributed by atoms with Gasteiger partial charge in [-0.15, -0.1) is 0 Å². The first kappa shape index (κ1) is 79.6. The van der Waals surface area contributed by atoms with E-state index in [2.05, 4.69) is 111 Å². The van der Waals surface area contributed by atoms with Crippen molar-refractivity contribution >= 4 is 11.9 Å². The highest BCUT2D eigenvalue weighted by Crippen LogP contribution is 2.26. The Bertz CT molecular complexity index is 1750. The molecule has 0 radical (unpaired) electrons. The number of unbranched alkanes of at least 4 members (excludes halogenated alkanes) is 31. The molecule has 0 saturated carbocycles. The summed E-state index contributed by atoms with van der Waals surface area (Å²) < 4.78 is 17.7. The third kappa shape index (κ3) is 48.2. The summed E-state index contributed by atoms with van der Waals surface area (Å²) in [6.07, 6.45) is 71.6. The van der Waals surface area contributed by atoms with Crippen LogP contribution >= 0.6 is 0 Å². The van der Waals surface area contributed by atoms with Gasteiger partial charge in [-0.1, -0.05) is 285 Å². The molecular formula is C74H129NO10. The van der Waals surface area contributed by atoms with E-state index >= 15 is 0 Å². The summed E-state index contributed by atoms with van der Waals surface area (Å²) in [4.78, 5) is 26.7. The van der Waals surface area contributed by atoms with Gasteiger partial charge in [-0.2, -0.15) is 0 Å². The Balaban J connectivity index is 2.58. The first-order chi connectivity index (χ1) is 41.7. The van der Waals surface area contributed by atoms with Crippen LogP contribution in [0.5, 0.6) is 0 Å². The zero-order valence-electron chi connectivity index (χ0n) is 54.5. The topological polar surface area (TPSA) is 175 Å². The van der Waals surface area contributed by atoms with Gasteiger partial charge in [-0.3, -0.25) is 9.59 Å². The van der Waals surface area contributed by atoms with Crippen molar-refractivity contribution in [2.24, 2.45) is 0 Å². The van der Waals surface area contributed by atoms with Crippen molar-refractivity contribution in [1.82, 2.24) is 5.32 Å². The molecule has 11 heteroatoms. The molecule has 1 fully saturated rings. The molecule has 1 rings (SSSR count). The summed E-state index contributed by atoms with van der Waals surface area (Å²) in [6, 6.07) is -1.03. The minimum atomic E-state index is -1.62. The molecular weight excluding hydrogens is 1060 g/mol. The van der Waals surface area contributed by atoms with Gasteiger partial charge in [0.1, 0.15) is 24.4 Å². The fourth-order valence-electron chi connectivity index (χ4n) is 10.5. The minimum absolute atomic E-state index is 0.107. The smallest absolute Gasteiger partial charge is 0.306 e. The van der Waals surface area contributed by atoms with E-state index in [9.17, 15) is 35.1 Å². The lowest BCUT2D eigenvalue weighted by Gasteiger charge is -2.41. The van der Waals surface area contributed by atoms with Crippen LogP contribution in [0.25, 0.3) is 0 Å². The van der Waals surface area contributed by atoms with Crippen molar-refractivity contribution < 1.29 is 49.3 Å². The third-order valence-electron chi connectivity index (χ3n) is 16.0. The maximum atomic E-state index is 13.5. The molecule has 0 aromatic rings. The molecule has 490 valence electrons. The van der Waals surface area contributed by atoms with Crippen LogP contribution in [0.3, 0.4) is 0 Å². The van der Waals surface area contributed by atoms with Gasteiger partial charge in [0.05, 0.1) is 25.4 Å². The van der Waals surface area contributed by atoms with Gasteiger partial charge in [0.2, 0.25) is 5.91 Å². The summed E-state index contributed by atoms with van der Waals surface area (Å²) in [6.45, 7) is 5.66. The van der Waals surface area contributed by atoms with Crippen molar-refractivity contribution in [3.05, 3.63) is 97.2 Å². The summed E-state index contributed by atoms with van der Waals surface area (Å²) in [5, 5.41) is 57.2. The molecule has 1 heterocycles. The van der Waals surface area contributed by atoms with E-state index in [0.29, 0.717) is 12.8 Å². The molecule has 8 atom stereocenters. The molecule has 0 spiro atoms. The Morgan fingerprint density at radius 3 is 1.29 bits per heavy atom. The Hall–Kier alpha value is -3.42. The molecule has 8 unspecified atom stereocenters. The molecule has 1 aliphatic heterocycles. The van der Waals surface area contributed by atoms with Crippen LogP contribution < -0.4 is 5.32 Å². The number of amides is 1. The molecule has 1 aliphatic rings.